The zero-order valence-corrected chi connectivity index (χ0v) is 27.4. The third-order valence-electron chi connectivity index (χ3n) is 8.93. The zero-order chi connectivity index (χ0) is 32.5. The molecule has 2 fully saturated rings. The van der Waals surface area contributed by atoms with Gasteiger partial charge in [-0.15, -0.1) is 0 Å². The molecular formula is C34H47F2N5O4. The minimum atomic E-state index is -0.636. The normalized spacial score (nSPS) is 24.0. The molecule has 5 rings (SSSR count). The van der Waals surface area contributed by atoms with E-state index in [0.717, 1.165) is 22.5 Å². The van der Waals surface area contributed by atoms with E-state index in [1.54, 1.807) is 17.0 Å². The topological polar surface area (TPSA) is 78.5 Å². The van der Waals surface area contributed by atoms with Gasteiger partial charge in [-0.1, -0.05) is 26.0 Å². The number of anilines is 1. The highest BCUT2D eigenvalue weighted by molar-refractivity contribution is 5.97. The summed E-state index contributed by atoms with van der Waals surface area (Å²) in [5.74, 6) is -0.327. The van der Waals surface area contributed by atoms with Gasteiger partial charge < -0.3 is 19.3 Å². The quantitative estimate of drug-likeness (QED) is 0.450. The van der Waals surface area contributed by atoms with Crippen molar-refractivity contribution in [2.24, 2.45) is 0 Å². The van der Waals surface area contributed by atoms with Crippen LogP contribution in [0.4, 0.5) is 19.3 Å². The van der Waals surface area contributed by atoms with Crippen molar-refractivity contribution in [2.45, 2.75) is 77.1 Å². The lowest BCUT2D eigenvalue weighted by atomic mass is 9.91. The van der Waals surface area contributed by atoms with E-state index in [1.165, 1.54) is 12.1 Å². The molecule has 2 aromatic rings. The third kappa shape index (κ3) is 7.81. The lowest BCUT2D eigenvalue weighted by molar-refractivity contribution is -0.122. The van der Waals surface area contributed by atoms with Gasteiger partial charge in [0.25, 0.3) is 0 Å². The van der Waals surface area contributed by atoms with Gasteiger partial charge in [-0.3, -0.25) is 19.6 Å². The van der Waals surface area contributed by atoms with Crippen molar-refractivity contribution in [2.75, 3.05) is 64.1 Å². The first-order chi connectivity index (χ1) is 21.2. The Morgan fingerprint density at radius 1 is 1.09 bits per heavy atom. The summed E-state index contributed by atoms with van der Waals surface area (Å²) in [6.07, 6.45) is 2.03. The average Bonchev–Trinajstić information content (AvgIpc) is 3.24. The van der Waals surface area contributed by atoms with Gasteiger partial charge in [0.15, 0.2) is 0 Å². The van der Waals surface area contributed by atoms with Crippen molar-refractivity contribution < 1.29 is 27.8 Å². The molecule has 45 heavy (non-hydrogen) atoms. The summed E-state index contributed by atoms with van der Waals surface area (Å²) in [7, 11) is 0. The summed E-state index contributed by atoms with van der Waals surface area (Å²) < 4.78 is 38.7. The van der Waals surface area contributed by atoms with Crippen LogP contribution in [0.25, 0.3) is 0 Å². The van der Waals surface area contributed by atoms with Gasteiger partial charge in [0.1, 0.15) is 18.1 Å². The number of hydrogen-bond donors (Lipinski definition) is 0. The molecule has 246 valence electrons. The van der Waals surface area contributed by atoms with Crippen molar-refractivity contribution in [1.29, 1.82) is 0 Å². The first kappa shape index (κ1) is 33.2. The van der Waals surface area contributed by atoms with E-state index in [1.807, 2.05) is 44.9 Å². The largest absolute Gasteiger partial charge is 0.444 e. The first-order valence-electron chi connectivity index (χ1n) is 15.9. The lowest BCUT2D eigenvalue weighted by Crippen LogP contribution is -2.64. The van der Waals surface area contributed by atoms with Crippen LogP contribution in [0.15, 0.2) is 36.5 Å². The molecule has 2 saturated heterocycles. The molecule has 1 aromatic carbocycles. The number of halogens is 2. The molecule has 2 amide bonds. The molecule has 0 aliphatic carbocycles. The Labute approximate surface area is 265 Å². The van der Waals surface area contributed by atoms with Crippen LogP contribution in [-0.4, -0.2) is 115 Å². The van der Waals surface area contributed by atoms with Crippen LogP contribution in [0.3, 0.4) is 0 Å². The van der Waals surface area contributed by atoms with Gasteiger partial charge in [-0.25, -0.2) is 13.6 Å². The van der Waals surface area contributed by atoms with E-state index < -0.39 is 12.3 Å². The molecule has 0 saturated carbocycles. The number of carbonyl (C=O) groups is 2. The van der Waals surface area contributed by atoms with Crippen molar-refractivity contribution in [3.8, 4) is 0 Å². The first-order valence-corrected chi connectivity index (χ1v) is 15.9. The number of aromatic nitrogens is 1. The maximum absolute atomic E-state index is 14.2. The van der Waals surface area contributed by atoms with Crippen LogP contribution in [0.2, 0.25) is 0 Å². The highest BCUT2D eigenvalue weighted by Crippen LogP contribution is 2.40. The fraction of sp³-hybridized carbons (Fsp3) is 0.618. The van der Waals surface area contributed by atoms with E-state index in [2.05, 4.69) is 23.6 Å². The van der Waals surface area contributed by atoms with Gasteiger partial charge in [0, 0.05) is 56.4 Å². The number of alkyl halides is 1. The number of piperazine rings is 1. The Hall–Kier alpha value is -3.15. The van der Waals surface area contributed by atoms with Crippen LogP contribution < -0.4 is 4.90 Å². The highest BCUT2D eigenvalue weighted by Gasteiger charge is 2.43. The monoisotopic (exact) mass is 627 g/mol. The lowest BCUT2D eigenvalue weighted by Gasteiger charge is -2.47. The number of morpholine rings is 1. The van der Waals surface area contributed by atoms with Crippen LogP contribution in [0.1, 0.15) is 58.4 Å². The summed E-state index contributed by atoms with van der Waals surface area (Å²) in [6.45, 7) is 14.6. The minimum absolute atomic E-state index is 0.0468. The SMILES string of the molecule is C[C@@H]1CN(CC(=O)N2CC(C)(C)c3ncc(Cc4ccc(F)cc4)cc32)[C@@H](CN2CCOC[C@H]2CF)CN1C(=O)OC(C)(C)C. The van der Waals surface area contributed by atoms with E-state index in [9.17, 15) is 18.4 Å². The number of carbonyl (C=O) groups excluding carboxylic acids is 2. The Balaban J connectivity index is 1.37. The number of amides is 2. The number of pyridine rings is 1. The van der Waals surface area contributed by atoms with E-state index in [0.29, 0.717) is 52.4 Å². The Bertz CT molecular complexity index is 1370. The summed E-state index contributed by atoms with van der Waals surface area (Å²) in [4.78, 5) is 39.9. The van der Waals surface area contributed by atoms with Gasteiger partial charge in [-0.05, 0) is 63.4 Å². The molecule has 11 heteroatoms. The minimum Gasteiger partial charge on any atom is -0.444 e. The molecular weight excluding hydrogens is 580 g/mol. The molecule has 1 aromatic heterocycles. The predicted octanol–water partition coefficient (Wildman–Crippen LogP) is 4.42. The molecule has 0 unspecified atom stereocenters. The van der Waals surface area contributed by atoms with Crippen molar-refractivity contribution in [3.63, 3.8) is 0 Å². The molecule has 0 radical (unpaired) electrons. The second kappa shape index (κ2) is 13.3. The number of fused-ring (bicyclic) bond motifs is 1. The van der Waals surface area contributed by atoms with Gasteiger partial charge in [-0.2, -0.15) is 0 Å². The average molecular weight is 628 g/mol. The van der Waals surface area contributed by atoms with Crippen LogP contribution in [0, 0.1) is 5.82 Å². The second-order valence-corrected chi connectivity index (χ2v) is 14.3. The predicted molar refractivity (Wildman–Crippen MR) is 169 cm³/mol. The van der Waals surface area contributed by atoms with Gasteiger partial charge in [0.05, 0.1) is 37.2 Å². The fourth-order valence-electron chi connectivity index (χ4n) is 6.59. The van der Waals surface area contributed by atoms with E-state index >= 15 is 0 Å². The Morgan fingerprint density at radius 2 is 1.82 bits per heavy atom. The van der Waals surface area contributed by atoms with Crippen molar-refractivity contribution in [3.05, 3.63) is 59.2 Å². The number of hydrogen-bond acceptors (Lipinski definition) is 7. The van der Waals surface area contributed by atoms with Crippen LogP contribution in [-0.2, 0) is 26.1 Å². The summed E-state index contributed by atoms with van der Waals surface area (Å²) >= 11 is 0. The zero-order valence-electron chi connectivity index (χ0n) is 27.4. The second-order valence-electron chi connectivity index (χ2n) is 14.3. The molecule has 3 aliphatic heterocycles. The standard InChI is InChI=1S/C34H47F2N5O4/c1-23-17-39(28(18-38-11-12-44-21-27(38)15-35)19-40(23)32(43)45-33(2,3)4)20-30(42)41-22-34(5,6)31-29(41)14-25(16-37-31)13-24-7-9-26(36)10-8-24/h7-10,14,16,23,27-28H,11-13,15,17-22H2,1-6H3/t23-,27-,28+/m1/s1. The maximum atomic E-state index is 14.2. The summed E-state index contributed by atoms with van der Waals surface area (Å²) in [6, 6.07) is 7.69. The van der Waals surface area contributed by atoms with Gasteiger partial charge >= 0.3 is 6.09 Å². The number of ether oxygens (including phenoxy) is 2. The highest BCUT2D eigenvalue weighted by atomic mass is 19.1. The third-order valence-corrected chi connectivity index (χ3v) is 8.93. The summed E-state index contributed by atoms with van der Waals surface area (Å²) in [5, 5.41) is 0. The molecule has 3 atom stereocenters. The van der Waals surface area contributed by atoms with E-state index in [-0.39, 0.29) is 47.9 Å². The molecule has 0 N–H and O–H groups in total. The molecule has 3 aliphatic rings. The van der Waals surface area contributed by atoms with E-state index in [4.69, 9.17) is 14.5 Å². The number of benzene rings is 1. The van der Waals surface area contributed by atoms with Gasteiger partial charge in [0.2, 0.25) is 5.91 Å². The van der Waals surface area contributed by atoms with Crippen molar-refractivity contribution in [1.82, 2.24) is 19.7 Å². The fourth-order valence-corrected chi connectivity index (χ4v) is 6.59. The molecule has 0 spiro atoms. The van der Waals surface area contributed by atoms with Crippen molar-refractivity contribution >= 4 is 17.7 Å². The maximum Gasteiger partial charge on any atom is 0.410 e. The van der Waals surface area contributed by atoms with Crippen LogP contribution in [0.5, 0.6) is 0 Å². The summed E-state index contributed by atoms with van der Waals surface area (Å²) in [5.41, 5.74) is 2.61. The number of rotatable bonds is 7. The van der Waals surface area contributed by atoms with Crippen LogP contribution >= 0.6 is 0 Å². The molecule has 4 heterocycles. The molecule has 9 nitrogen and oxygen atoms in total. The Kier molecular flexibility index (Phi) is 9.82. The Morgan fingerprint density at radius 3 is 2.51 bits per heavy atom. The smallest absolute Gasteiger partial charge is 0.410 e. The number of nitrogens with zero attached hydrogens (tertiary/aromatic N) is 5. The molecule has 0 bridgehead atoms.